The van der Waals surface area contributed by atoms with Crippen LogP contribution in [0.3, 0.4) is 0 Å². The highest BCUT2D eigenvalue weighted by Crippen LogP contribution is 2.29. The molecule has 3 atom stereocenters. The van der Waals surface area contributed by atoms with Crippen LogP contribution in [-0.4, -0.2) is 73.3 Å². The second-order valence-electron chi connectivity index (χ2n) is 12.1. The van der Waals surface area contributed by atoms with E-state index >= 15 is 0 Å². The summed E-state index contributed by atoms with van der Waals surface area (Å²) in [6.45, 7) is 5.48. The SMILES string of the molecule is CC[C@@H](CCC[C@@H](CO)N(CC(C)C)S(=O)(=O)c1ccc(CO)cc1)NC(=O)[C@@H](NC(=O)OC)C(c1ccccc1)c1ccccc1. The van der Waals surface area contributed by atoms with E-state index in [-0.39, 0.29) is 42.5 Å². The van der Waals surface area contributed by atoms with Crippen LogP contribution in [0.2, 0.25) is 0 Å². The zero-order valence-electron chi connectivity index (χ0n) is 27.7. The number of carbonyl (C=O) groups excluding carboxylic acids is 2. The fourth-order valence-corrected chi connectivity index (χ4v) is 7.50. The van der Waals surface area contributed by atoms with Crippen LogP contribution in [0, 0.1) is 5.92 Å². The zero-order valence-corrected chi connectivity index (χ0v) is 28.5. The number of nitrogens with one attached hydrogen (secondary N) is 2. The van der Waals surface area contributed by atoms with Gasteiger partial charge in [-0.05, 0) is 60.4 Å². The summed E-state index contributed by atoms with van der Waals surface area (Å²) in [5.41, 5.74) is 2.31. The number of hydrogen-bond donors (Lipinski definition) is 4. The molecule has 0 bridgehead atoms. The lowest BCUT2D eigenvalue weighted by Crippen LogP contribution is -2.52. The van der Waals surface area contributed by atoms with Crippen LogP contribution >= 0.6 is 0 Å². The molecule has 2 amide bonds. The smallest absolute Gasteiger partial charge is 0.407 e. The van der Waals surface area contributed by atoms with Crippen molar-refractivity contribution in [2.24, 2.45) is 5.92 Å². The predicted molar refractivity (Wildman–Crippen MR) is 182 cm³/mol. The first-order chi connectivity index (χ1) is 22.5. The van der Waals surface area contributed by atoms with E-state index in [4.69, 9.17) is 4.74 Å². The second-order valence-corrected chi connectivity index (χ2v) is 14.0. The van der Waals surface area contributed by atoms with Gasteiger partial charge in [0.05, 0.1) is 25.2 Å². The lowest BCUT2D eigenvalue weighted by molar-refractivity contribution is -0.124. The number of nitrogens with zero attached hydrogens (tertiary/aromatic N) is 1. The highest BCUT2D eigenvalue weighted by Gasteiger charge is 2.34. The number of aliphatic hydroxyl groups is 2. The first kappa shape index (κ1) is 37.7. The van der Waals surface area contributed by atoms with E-state index in [2.05, 4.69) is 10.6 Å². The molecule has 11 heteroatoms. The van der Waals surface area contributed by atoms with Crippen molar-refractivity contribution in [2.75, 3.05) is 20.3 Å². The fourth-order valence-electron chi connectivity index (χ4n) is 5.69. The molecule has 0 fully saturated rings. The Hall–Kier alpha value is -3.77. The van der Waals surface area contributed by atoms with Gasteiger partial charge >= 0.3 is 6.09 Å². The van der Waals surface area contributed by atoms with Gasteiger partial charge in [0.25, 0.3) is 0 Å². The summed E-state index contributed by atoms with van der Waals surface area (Å²) in [5, 5.41) is 25.6. The van der Waals surface area contributed by atoms with Crippen LogP contribution in [0.4, 0.5) is 4.79 Å². The Morgan fingerprint density at radius 1 is 0.851 bits per heavy atom. The number of alkyl carbamates (subject to hydrolysis) is 1. The summed E-state index contributed by atoms with van der Waals surface area (Å²) in [6.07, 6.45) is 1.33. The number of benzene rings is 3. The van der Waals surface area contributed by atoms with Gasteiger partial charge in [-0.3, -0.25) is 4.79 Å². The molecule has 0 unspecified atom stereocenters. The molecular formula is C36H49N3O7S. The van der Waals surface area contributed by atoms with Gasteiger partial charge < -0.3 is 25.6 Å². The molecular weight excluding hydrogens is 618 g/mol. The normalized spacial score (nSPS) is 13.7. The maximum absolute atomic E-state index is 13.9. The highest BCUT2D eigenvalue weighted by molar-refractivity contribution is 7.89. The molecule has 0 radical (unpaired) electrons. The Labute approximate surface area is 279 Å². The standard InChI is InChI=1S/C36H49N3O7S/c1-5-30(17-12-18-31(25-41)39(23-26(2)3)47(44,45)32-21-19-27(24-40)20-22-32)37-35(42)34(38-36(43)46-4)33(28-13-8-6-9-14-28)29-15-10-7-11-16-29/h6-11,13-16,19-22,26,30-31,33-34,40-41H,5,12,17-18,23-25H2,1-4H3,(H,37,42)(H,38,43)/t30-,31-,34-/m0/s1. The van der Waals surface area contributed by atoms with Gasteiger partial charge in [-0.1, -0.05) is 93.6 Å². The Kier molecular flexibility index (Phi) is 14.9. The lowest BCUT2D eigenvalue weighted by atomic mass is 9.84. The number of carbonyl (C=O) groups is 2. The van der Waals surface area contributed by atoms with E-state index in [0.717, 1.165) is 11.1 Å². The highest BCUT2D eigenvalue weighted by atomic mass is 32.2. The third-order valence-electron chi connectivity index (χ3n) is 8.20. The lowest BCUT2D eigenvalue weighted by Gasteiger charge is -2.32. The quantitative estimate of drug-likeness (QED) is 0.152. The van der Waals surface area contributed by atoms with E-state index in [0.29, 0.717) is 31.2 Å². The number of methoxy groups -OCH3 is 1. The largest absolute Gasteiger partial charge is 0.453 e. The van der Waals surface area contributed by atoms with E-state index in [1.807, 2.05) is 81.4 Å². The molecule has 3 aromatic carbocycles. The summed E-state index contributed by atoms with van der Waals surface area (Å²) >= 11 is 0. The van der Waals surface area contributed by atoms with Crippen LogP contribution in [0.1, 0.15) is 69.1 Å². The molecule has 0 aliphatic heterocycles. The number of sulfonamides is 1. The number of ether oxygens (including phenoxy) is 1. The Morgan fingerprint density at radius 3 is 1.89 bits per heavy atom. The topological polar surface area (TPSA) is 145 Å². The van der Waals surface area contributed by atoms with Crippen LogP contribution in [0.25, 0.3) is 0 Å². The molecule has 10 nitrogen and oxygen atoms in total. The van der Waals surface area contributed by atoms with Crippen molar-refractivity contribution in [3.8, 4) is 0 Å². The van der Waals surface area contributed by atoms with Crippen molar-refractivity contribution in [3.63, 3.8) is 0 Å². The van der Waals surface area contributed by atoms with Crippen molar-refractivity contribution in [1.82, 2.24) is 14.9 Å². The molecule has 0 saturated carbocycles. The molecule has 0 spiro atoms. The number of hydrogen-bond acceptors (Lipinski definition) is 7. The monoisotopic (exact) mass is 667 g/mol. The molecule has 4 N–H and O–H groups in total. The van der Waals surface area contributed by atoms with E-state index in [9.17, 15) is 28.2 Å². The van der Waals surface area contributed by atoms with Gasteiger partial charge in [0.1, 0.15) is 6.04 Å². The first-order valence-electron chi connectivity index (χ1n) is 16.1. The van der Waals surface area contributed by atoms with Crippen molar-refractivity contribution in [1.29, 1.82) is 0 Å². The minimum absolute atomic E-state index is 0.0136. The minimum Gasteiger partial charge on any atom is -0.453 e. The maximum Gasteiger partial charge on any atom is 0.407 e. The predicted octanol–water partition coefficient (Wildman–Crippen LogP) is 4.81. The summed E-state index contributed by atoms with van der Waals surface area (Å²) in [6, 6.07) is 23.2. The molecule has 47 heavy (non-hydrogen) atoms. The molecule has 0 aliphatic rings. The summed E-state index contributed by atoms with van der Waals surface area (Å²) in [7, 11) is -2.67. The van der Waals surface area contributed by atoms with Crippen LogP contribution in [0.5, 0.6) is 0 Å². The van der Waals surface area contributed by atoms with Gasteiger partial charge in [0.15, 0.2) is 0 Å². The van der Waals surface area contributed by atoms with Gasteiger partial charge in [-0.2, -0.15) is 4.31 Å². The average Bonchev–Trinajstić information content (AvgIpc) is 3.09. The van der Waals surface area contributed by atoms with E-state index in [1.165, 1.54) is 23.5 Å². The maximum atomic E-state index is 13.9. The van der Waals surface area contributed by atoms with Crippen LogP contribution in [0.15, 0.2) is 89.8 Å². The van der Waals surface area contributed by atoms with Gasteiger partial charge in [0, 0.05) is 24.5 Å². The summed E-state index contributed by atoms with van der Waals surface area (Å²) < 4.78 is 33.7. The molecule has 0 heterocycles. The van der Waals surface area contributed by atoms with Crippen molar-refractivity contribution < 1.29 is 33.0 Å². The Morgan fingerprint density at radius 2 is 1.43 bits per heavy atom. The third kappa shape index (κ3) is 10.6. The summed E-state index contributed by atoms with van der Waals surface area (Å²) in [4.78, 5) is 26.5. The van der Waals surface area contributed by atoms with Crippen LogP contribution in [-0.2, 0) is 26.2 Å². The number of aliphatic hydroxyl groups excluding tert-OH is 2. The first-order valence-corrected chi connectivity index (χ1v) is 17.6. The molecule has 3 rings (SSSR count). The molecule has 0 aliphatic carbocycles. The number of rotatable bonds is 18. The fraction of sp³-hybridized carbons (Fsp3) is 0.444. The Bertz CT molecular complexity index is 1450. The second kappa shape index (κ2) is 18.5. The van der Waals surface area contributed by atoms with Crippen LogP contribution < -0.4 is 10.6 Å². The molecule has 256 valence electrons. The van der Waals surface area contributed by atoms with Crippen molar-refractivity contribution in [2.45, 2.75) is 82.0 Å². The molecule has 3 aromatic rings. The molecule has 0 saturated heterocycles. The minimum atomic E-state index is -3.93. The summed E-state index contributed by atoms with van der Waals surface area (Å²) in [5.74, 6) is -0.845. The van der Waals surface area contributed by atoms with Crippen molar-refractivity contribution >= 4 is 22.0 Å². The third-order valence-corrected chi connectivity index (χ3v) is 10.1. The zero-order chi connectivity index (χ0) is 34.4. The molecule has 0 aromatic heterocycles. The van der Waals surface area contributed by atoms with Gasteiger partial charge in [-0.25, -0.2) is 13.2 Å². The Balaban J connectivity index is 1.79. The van der Waals surface area contributed by atoms with Crippen molar-refractivity contribution in [3.05, 3.63) is 102 Å². The van der Waals surface area contributed by atoms with Gasteiger partial charge in [0.2, 0.25) is 15.9 Å². The number of amides is 2. The average molecular weight is 668 g/mol. The van der Waals surface area contributed by atoms with Gasteiger partial charge in [-0.15, -0.1) is 0 Å². The van der Waals surface area contributed by atoms with E-state index in [1.54, 1.807) is 12.1 Å². The van der Waals surface area contributed by atoms with E-state index < -0.39 is 34.1 Å².